The molecule has 2 nitrogen and oxygen atoms in total. The van der Waals surface area contributed by atoms with Crippen molar-refractivity contribution in [2.24, 2.45) is 0 Å². The van der Waals surface area contributed by atoms with Crippen LogP contribution in [0, 0.1) is 0 Å². The van der Waals surface area contributed by atoms with Crippen LogP contribution in [0.1, 0.15) is 30.0 Å². The quantitative estimate of drug-likeness (QED) is 0.806. The number of hydrogen-bond acceptors (Lipinski definition) is 2. The normalized spacial score (nSPS) is 17.2. The Morgan fingerprint density at radius 1 is 1.10 bits per heavy atom. The zero-order valence-corrected chi connectivity index (χ0v) is 13.3. The molecule has 0 heterocycles. The van der Waals surface area contributed by atoms with E-state index in [0.29, 0.717) is 10.0 Å². The molecule has 2 aromatic rings. The van der Waals surface area contributed by atoms with Gasteiger partial charge in [-0.25, -0.2) is 0 Å². The molecule has 1 atom stereocenters. The highest BCUT2D eigenvalue weighted by molar-refractivity contribution is 6.42. The first-order valence-electron chi connectivity index (χ1n) is 7.06. The van der Waals surface area contributed by atoms with E-state index in [1.807, 2.05) is 24.3 Å². The van der Waals surface area contributed by atoms with Gasteiger partial charge in [0, 0.05) is 5.69 Å². The number of ether oxygens (including phenoxy) is 1. The van der Waals surface area contributed by atoms with Crippen molar-refractivity contribution in [1.82, 2.24) is 0 Å². The van der Waals surface area contributed by atoms with Crippen LogP contribution in [0.4, 0.5) is 5.69 Å². The van der Waals surface area contributed by atoms with Crippen LogP contribution in [0.25, 0.3) is 0 Å². The van der Waals surface area contributed by atoms with Crippen molar-refractivity contribution in [1.29, 1.82) is 0 Å². The van der Waals surface area contributed by atoms with E-state index in [-0.39, 0.29) is 6.04 Å². The third-order valence-electron chi connectivity index (χ3n) is 3.93. The third kappa shape index (κ3) is 3.12. The molecule has 0 amide bonds. The molecule has 4 heteroatoms. The van der Waals surface area contributed by atoms with Gasteiger partial charge in [-0.3, -0.25) is 0 Å². The minimum Gasteiger partial charge on any atom is -0.497 e. The lowest BCUT2D eigenvalue weighted by Crippen LogP contribution is -2.17. The first kappa shape index (κ1) is 14.6. The monoisotopic (exact) mass is 321 g/mol. The lowest BCUT2D eigenvalue weighted by Gasteiger charge is -2.28. The Labute approximate surface area is 135 Å². The minimum absolute atomic E-state index is 0.279. The second-order valence-corrected chi connectivity index (χ2v) is 6.10. The summed E-state index contributed by atoms with van der Waals surface area (Å²) in [4.78, 5) is 0. The molecule has 0 fully saturated rings. The number of rotatable bonds is 3. The number of benzene rings is 2. The van der Waals surface area contributed by atoms with Crippen LogP contribution in [0.3, 0.4) is 0 Å². The van der Waals surface area contributed by atoms with E-state index in [1.165, 1.54) is 17.5 Å². The summed E-state index contributed by atoms with van der Waals surface area (Å²) in [6.45, 7) is 0. The van der Waals surface area contributed by atoms with E-state index in [0.717, 1.165) is 24.3 Å². The summed E-state index contributed by atoms with van der Waals surface area (Å²) in [6, 6.07) is 12.3. The van der Waals surface area contributed by atoms with Crippen LogP contribution >= 0.6 is 23.2 Å². The third-order valence-corrected chi connectivity index (χ3v) is 4.67. The maximum Gasteiger partial charge on any atom is 0.119 e. The van der Waals surface area contributed by atoms with Crippen molar-refractivity contribution in [3.63, 3.8) is 0 Å². The van der Waals surface area contributed by atoms with E-state index in [9.17, 15) is 0 Å². The predicted molar refractivity (Wildman–Crippen MR) is 88.8 cm³/mol. The molecule has 1 aliphatic carbocycles. The summed E-state index contributed by atoms with van der Waals surface area (Å²) >= 11 is 12.1. The molecule has 0 radical (unpaired) electrons. The van der Waals surface area contributed by atoms with Crippen LogP contribution in [0.5, 0.6) is 5.75 Å². The maximum atomic E-state index is 6.09. The average molecular weight is 322 g/mol. The van der Waals surface area contributed by atoms with Gasteiger partial charge in [-0.1, -0.05) is 29.3 Å². The smallest absolute Gasteiger partial charge is 0.119 e. The van der Waals surface area contributed by atoms with Gasteiger partial charge in [-0.05, 0) is 60.7 Å². The molecule has 0 saturated carbocycles. The van der Waals surface area contributed by atoms with E-state index in [1.54, 1.807) is 7.11 Å². The zero-order valence-electron chi connectivity index (χ0n) is 11.8. The number of halogens is 2. The minimum atomic E-state index is 0.279. The second-order valence-electron chi connectivity index (χ2n) is 5.28. The molecule has 110 valence electrons. The predicted octanol–water partition coefficient (Wildman–Crippen LogP) is 5.49. The fourth-order valence-corrected chi connectivity index (χ4v) is 3.14. The average Bonchev–Trinajstić information content (AvgIpc) is 2.51. The van der Waals surface area contributed by atoms with Crippen LogP contribution in [-0.4, -0.2) is 7.11 Å². The van der Waals surface area contributed by atoms with Crippen molar-refractivity contribution in [2.75, 3.05) is 12.4 Å². The summed E-state index contributed by atoms with van der Waals surface area (Å²) in [5, 5.41) is 4.71. The lowest BCUT2D eigenvalue weighted by molar-refractivity contribution is 0.413. The van der Waals surface area contributed by atoms with Gasteiger partial charge in [0.15, 0.2) is 0 Å². The van der Waals surface area contributed by atoms with Crippen LogP contribution in [0.2, 0.25) is 10.0 Å². The summed E-state index contributed by atoms with van der Waals surface area (Å²) in [5.41, 5.74) is 3.69. The second kappa shape index (κ2) is 6.17. The van der Waals surface area contributed by atoms with Crippen molar-refractivity contribution in [2.45, 2.75) is 25.3 Å². The van der Waals surface area contributed by atoms with Crippen molar-refractivity contribution < 1.29 is 4.74 Å². The standard InChI is InChI=1S/C17H17Cl2NO/c1-21-13-7-5-11-3-2-4-17(14(11)10-13)20-12-6-8-15(18)16(19)9-12/h5-10,17,20H,2-4H2,1H3. The number of hydrogen-bond donors (Lipinski definition) is 1. The number of methoxy groups -OCH3 is 1. The molecule has 0 aliphatic heterocycles. The first-order chi connectivity index (χ1) is 10.2. The molecule has 0 saturated heterocycles. The molecule has 1 unspecified atom stereocenters. The summed E-state index contributed by atoms with van der Waals surface area (Å²) in [6.07, 6.45) is 3.40. The topological polar surface area (TPSA) is 21.3 Å². The first-order valence-corrected chi connectivity index (χ1v) is 7.81. The van der Waals surface area contributed by atoms with Gasteiger partial charge in [-0.2, -0.15) is 0 Å². The highest BCUT2D eigenvalue weighted by Gasteiger charge is 2.20. The molecule has 0 aromatic heterocycles. The van der Waals surface area contributed by atoms with Crippen molar-refractivity contribution in [3.8, 4) is 5.75 Å². The van der Waals surface area contributed by atoms with E-state index < -0.39 is 0 Å². The Kier molecular flexibility index (Phi) is 4.27. The molecule has 0 bridgehead atoms. The van der Waals surface area contributed by atoms with Gasteiger partial charge < -0.3 is 10.1 Å². The van der Waals surface area contributed by atoms with Crippen LogP contribution < -0.4 is 10.1 Å². The largest absolute Gasteiger partial charge is 0.497 e. The molecule has 2 aromatic carbocycles. The van der Waals surface area contributed by atoms with Gasteiger partial charge >= 0.3 is 0 Å². The Balaban J connectivity index is 1.88. The molecular formula is C17H17Cl2NO. The highest BCUT2D eigenvalue weighted by atomic mass is 35.5. The molecule has 1 N–H and O–H groups in total. The van der Waals surface area contributed by atoms with Gasteiger partial charge in [-0.15, -0.1) is 0 Å². The fourth-order valence-electron chi connectivity index (χ4n) is 2.84. The highest BCUT2D eigenvalue weighted by Crippen LogP contribution is 2.35. The number of anilines is 1. The Morgan fingerprint density at radius 3 is 2.71 bits per heavy atom. The SMILES string of the molecule is COc1ccc2c(c1)C(Nc1ccc(Cl)c(Cl)c1)CCC2. The Morgan fingerprint density at radius 2 is 1.95 bits per heavy atom. The van der Waals surface area contributed by atoms with Crippen LogP contribution in [0.15, 0.2) is 36.4 Å². The Hall–Kier alpha value is -1.38. The van der Waals surface area contributed by atoms with Crippen molar-refractivity contribution in [3.05, 3.63) is 57.6 Å². The fraction of sp³-hybridized carbons (Fsp3) is 0.294. The van der Waals surface area contributed by atoms with Crippen LogP contribution in [-0.2, 0) is 6.42 Å². The zero-order chi connectivity index (χ0) is 14.8. The van der Waals surface area contributed by atoms with Gasteiger partial charge in [0.05, 0.1) is 23.2 Å². The molecule has 0 spiro atoms. The van der Waals surface area contributed by atoms with Gasteiger partial charge in [0.2, 0.25) is 0 Å². The van der Waals surface area contributed by atoms with E-state index >= 15 is 0 Å². The molecule has 21 heavy (non-hydrogen) atoms. The summed E-state index contributed by atoms with van der Waals surface area (Å²) < 4.78 is 5.35. The van der Waals surface area contributed by atoms with Crippen molar-refractivity contribution >= 4 is 28.9 Å². The summed E-state index contributed by atoms with van der Waals surface area (Å²) in [7, 11) is 1.70. The van der Waals surface area contributed by atoms with E-state index in [4.69, 9.17) is 27.9 Å². The lowest BCUT2D eigenvalue weighted by atomic mass is 9.87. The molecule has 3 rings (SSSR count). The van der Waals surface area contributed by atoms with Gasteiger partial charge in [0.1, 0.15) is 5.75 Å². The molecule has 1 aliphatic rings. The number of fused-ring (bicyclic) bond motifs is 1. The number of nitrogens with one attached hydrogen (secondary N) is 1. The summed E-state index contributed by atoms with van der Waals surface area (Å²) in [5.74, 6) is 0.900. The van der Waals surface area contributed by atoms with E-state index in [2.05, 4.69) is 17.4 Å². The van der Waals surface area contributed by atoms with Gasteiger partial charge in [0.25, 0.3) is 0 Å². The Bertz CT molecular complexity index is 657. The number of aryl methyl sites for hydroxylation is 1. The molecular weight excluding hydrogens is 305 g/mol. The maximum absolute atomic E-state index is 6.09.